The van der Waals surface area contributed by atoms with Gasteiger partial charge < -0.3 is 4.57 Å². The monoisotopic (exact) mass is 564 g/mol. The van der Waals surface area contributed by atoms with Crippen molar-refractivity contribution < 1.29 is 9.59 Å². The van der Waals surface area contributed by atoms with Crippen molar-refractivity contribution in [1.29, 1.82) is 0 Å². The molecule has 4 nitrogen and oxygen atoms in total. The smallest absolute Gasteiger partial charge is 0.312 e. The average molecular weight is 565 g/mol. The number of amides is 3. The minimum atomic E-state index is -2.69. The molecule has 214 valence electrons. The second kappa shape index (κ2) is 11.4. The molecule has 1 aliphatic rings. The van der Waals surface area contributed by atoms with Gasteiger partial charge in [0.05, 0.1) is 0 Å². The van der Waals surface area contributed by atoms with Gasteiger partial charge in [-0.15, -0.1) is 0 Å². The van der Waals surface area contributed by atoms with Crippen LogP contribution in [0.1, 0.15) is 94.2 Å². The van der Waals surface area contributed by atoms with Gasteiger partial charge in [0.25, 0.3) is 5.91 Å². The fourth-order valence-electron chi connectivity index (χ4n) is 8.97. The first-order valence-electron chi connectivity index (χ1n) is 15.0. The normalized spacial score (nSPS) is 16.8. The summed E-state index contributed by atoms with van der Waals surface area (Å²) in [5, 5.41) is 0. The van der Waals surface area contributed by atoms with E-state index in [9.17, 15) is 0 Å². The molecule has 0 spiro atoms. The van der Waals surface area contributed by atoms with Crippen LogP contribution in [0, 0.1) is 0 Å². The van der Waals surface area contributed by atoms with Crippen LogP contribution in [0.15, 0.2) is 60.7 Å². The van der Waals surface area contributed by atoms with Gasteiger partial charge in [-0.1, -0.05) is 144 Å². The number of hydrogen-bond acceptors (Lipinski definition) is 2. The number of urea groups is 1. The summed E-state index contributed by atoms with van der Waals surface area (Å²) in [6, 6.07) is 20.3. The second-order valence-electron chi connectivity index (χ2n) is 13.4. The van der Waals surface area contributed by atoms with Gasteiger partial charge in [0.1, 0.15) is 0 Å². The van der Waals surface area contributed by atoms with Gasteiger partial charge in [0.15, 0.2) is 22.0 Å². The average Bonchev–Trinajstić information content (AvgIpc) is 3.08. The van der Waals surface area contributed by atoms with Crippen molar-refractivity contribution in [3.8, 4) is 0 Å². The SMILES string of the molecule is CC(C)[Si](C(C)C)(C(C)C)N1C(=O)N([Si](C(C)C)(C(C)C)C(C)C)C(c2ccccc2)(c2ccccc2)C1=O. The number of benzene rings is 2. The Bertz CT molecular complexity index is 1060. The van der Waals surface area contributed by atoms with Crippen molar-refractivity contribution in [3.63, 3.8) is 0 Å². The lowest BCUT2D eigenvalue weighted by Gasteiger charge is -2.54. The summed E-state index contributed by atoms with van der Waals surface area (Å²) in [4.78, 5) is 31.1. The van der Waals surface area contributed by atoms with E-state index in [-0.39, 0.29) is 45.2 Å². The Morgan fingerprint density at radius 1 is 0.513 bits per heavy atom. The molecular weight excluding hydrogens is 513 g/mol. The maximum Gasteiger partial charge on any atom is 0.312 e. The largest absolute Gasteiger partial charge is 0.330 e. The molecule has 0 atom stereocenters. The molecule has 0 aliphatic carbocycles. The predicted molar refractivity (Wildman–Crippen MR) is 170 cm³/mol. The molecule has 0 bridgehead atoms. The first kappa shape index (κ1) is 31.3. The van der Waals surface area contributed by atoms with Crippen LogP contribution in [0.2, 0.25) is 33.2 Å². The van der Waals surface area contributed by atoms with Gasteiger partial charge in [-0.2, -0.15) is 0 Å². The van der Waals surface area contributed by atoms with Gasteiger partial charge in [-0.05, 0) is 44.4 Å². The van der Waals surface area contributed by atoms with Crippen LogP contribution >= 0.6 is 0 Å². The lowest BCUT2D eigenvalue weighted by Crippen LogP contribution is -2.68. The molecule has 2 aromatic carbocycles. The Balaban J connectivity index is 2.65. The van der Waals surface area contributed by atoms with E-state index in [4.69, 9.17) is 0 Å². The molecular formula is C33H52N2O2Si2. The maximum atomic E-state index is 15.6. The van der Waals surface area contributed by atoms with E-state index in [0.29, 0.717) is 0 Å². The minimum absolute atomic E-state index is 0.0357. The molecule has 0 unspecified atom stereocenters. The summed E-state index contributed by atoms with van der Waals surface area (Å²) in [5.41, 5.74) is 2.05. The van der Waals surface area contributed by atoms with Crippen LogP contribution in [0.3, 0.4) is 0 Å². The van der Waals surface area contributed by atoms with Crippen molar-refractivity contribution in [2.45, 2.75) is 122 Å². The molecule has 3 amide bonds. The van der Waals surface area contributed by atoms with E-state index in [1.54, 1.807) is 0 Å². The second-order valence-corrected chi connectivity index (χ2v) is 24.8. The van der Waals surface area contributed by atoms with E-state index in [0.717, 1.165) is 11.1 Å². The molecule has 0 aromatic heterocycles. The predicted octanol–water partition coefficient (Wildman–Crippen LogP) is 9.55. The summed E-state index contributed by atoms with van der Waals surface area (Å²) in [6.07, 6.45) is 0. The lowest BCUT2D eigenvalue weighted by molar-refractivity contribution is -0.128. The maximum absolute atomic E-state index is 15.6. The third-order valence-electron chi connectivity index (χ3n) is 9.94. The summed E-state index contributed by atoms with van der Waals surface area (Å²) in [5.74, 6) is -0.0357. The Hall–Kier alpha value is -2.19. The van der Waals surface area contributed by atoms with Crippen LogP contribution in [-0.4, -0.2) is 37.5 Å². The van der Waals surface area contributed by atoms with Gasteiger partial charge in [0, 0.05) is 0 Å². The third kappa shape index (κ3) is 4.28. The third-order valence-corrected chi connectivity index (χ3v) is 23.5. The standard InChI is InChI=1S/C33H52N2O2Si2/c1-23(2)38(24(3)4,25(5)6)34-31(36)33(29-19-15-13-16-20-29,30-21-17-14-18-22-30)35(32(34)37)39(26(7)8,27(9)10)28(11)12/h13-28H,1-12H3. The number of imide groups is 1. The van der Waals surface area contributed by atoms with Gasteiger partial charge in [0.2, 0.25) is 0 Å². The van der Waals surface area contributed by atoms with E-state index in [1.807, 2.05) is 41.0 Å². The zero-order valence-corrected chi connectivity index (χ0v) is 28.4. The van der Waals surface area contributed by atoms with Crippen molar-refractivity contribution in [1.82, 2.24) is 9.13 Å². The Morgan fingerprint density at radius 3 is 1.10 bits per heavy atom. The van der Waals surface area contributed by atoms with E-state index >= 15 is 9.59 Å². The molecule has 2 aromatic rings. The molecule has 1 saturated heterocycles. The molecule has 0 saturated carbocycles. The van der Waals surface area contributed by atoms with Crippen LogP contribution in [0.5, 0.6) is 0 Å². The summed E-state index contributed by atoms with van der Waals surface area (Å²) >= 11 is 0. The zero-order chi connectivity index (χ0) is 29.5. The molecule has 0 radical (unpaired) electrons. The Morgan fingerprint density at radius 2 is 0.821 bits per heavy atom. The number of carbonyl (C=O) groups excluding carboxylic acids is 2. The van der Waals surface area contributed by atoms with Crippen LogP contribution in [0.25, 0.3) is 0 Å². The van der Waals surface area contributed by atoms with Gasteiger partial charge in [-0.3, -0.25) is 9.36 Å². The molecule has 3 rings (SSSR count). The van der Waals surface area contributed by atoms with Crippen molar-refractivity contribution in [2.75, 3.05) is 0 Å². The lowest BCUT2D eigenvalue weighted by atomic mass is 9.83. The van der Waals surface area contributed by atoms with Crippen LogP contribution in [-0.2, 0) is 10.3 Å². The molecule has 0 N–H and O–H groups in total. The van der Waals surface area contributed by atoms with E-state index in [2.05, 4.69) is 112 Å². The molecule has 1 aliphatic heterocycles. The fraction of sp³-hybridized carbons (Fsp3) is 0.576. The quantitative estimate of drug-likeness (QED) is 0.213. The highest BCUT2D eigenvalue weighted by molar-refractivity contribution is 6.88. The first-order chi connectivity index (χ1) is 18.2. The van der Waals surface area contributed by atoms with E-state index in [1.165, 1.54) is 0 Å². The van der Waals surface area contributed by atoms with Crippen LogP contribution < -0.4 is 0 Å². The highest BCUT2D eigenvalue weighted by Crippen LogP contribution is 2.58. The highest BCUT2D eigenvalue weighted by Gasteiger charge is 2.71. The topological polar surface area (TPSA) is 40.6 Å². The fourth-order valence-corrected chi connectivity index (χ4v) is 22.5. The number of carbonyl (C=O) groups is 2. The number of hydrogen-bond donors (Lipinski definition) is 0. The van der Waals surface area contributed by atoms with Crippen molar-refractivity contribution in [3.05, 3.63) is 71.8 Å². The Labute approximate surface area is 240 Å². The van der Waals surface area contributed by atoms with Gasteiger partial charge >= 0.3 is 6.03 Å². The van der Waals surface area contributed by atoms with Gasteiger partial charge in [-0.25, -0.2) is 4.79 Å². The minimum Gasteiger partial charge on any atom is -0.330 e. The zero-order valence-electron chi connectivity index (χ0n) is 26.4. The molecule has 1 heterocycles. The highest BCUT2D eigenvalue weighted by atomic mass is 28.3. The summed E-state index contributed by atoms with van der Waals surface area (Å²) < 4.78 is 4.11. The molecule has 6 heteroatoms. The number of nitrogens with zero attached hydrogens (tertiary/aromatic N) is 2. The Kier molecular flexibility index (Phi) is 9.13. The molecule has 1 fully saturated rings. The van der Waals surface area contributed by atoms with Crippen LogP contribution in [0.4, 0.5) is 4.79 Å². The van der Waals surface area contributed by atoms with Crippen molar-refractivity contribution in [2.24, 2.45) is 0 Å². The van der Waals surface area contributed by atoms with Crippen molar-refractivity contribution >= 4 is 28.4 Å². The summed E-state index contributed by atoms with van der Waals surface area (Å²) in [6.45, 7) is 27.1. The molecule has 39 heavy (non-hydrogen) atoms. The summed E-state index contributed by atoms with van der Waals surface area (Å²) in [7, 11) is -5.37. The number of rotatable bonds is 10. The first-order valence-corrected chi connectivity index (χ1v) is 19.3. The van der Waals surface area contributed by atoms with E-state index < -0.39 is 22.0 Å².